The quantitative estimate of drug-likeness (QED) is 0.743. The van der Waals surface area contributed by atoms with E-state index in [4.69, 9.17) is 9.29 Å². The van der Waals surface area contributed by atoms with Crippen LogP contribution in [-0.2, 0) is 14.9 Å². The average Bonchev–Trinajstić information content (AvgIpc) is 2.14. The number of ether oxygens (including phenoxy) is 1. The molecule has 0 heterocycles. The molecule has 0 aliphatic heterocycles. The summed E-state index contributed by atoms with van der Waals surface area (Å²) in [6.45, 7) is -0.692. The number of carbonyl (C=O) groups excluding carboxylic acids is 1. The molecule has 5 nitrogen and oxygen atoms in total. The summed E-state index contributed by atoms with van der Waals surface area (Å²) < 4.78 is 33.7. The topological polar surface area (TPSA) is 80.7 Å². The van der Waals surface area contributed by atoms with Crippen molar-refractivity contribution < 1.29 is 22.5 Å². The van der Waals surface area contributed by atoms with Gasteiger partial charge in [-0.05, 0) is 12.1 Å². The van der Waals surface area contributed by atoms with Gasteiger partial charge in [-0.2, -0.15) is 8.42 Å². The maximum atomic E-state index is 10.7. The van der Waals surface area contributed by atoms with Gasteiger partial charge in [0.2, 0.25) is 0 Å². The average molecular weight is 216 g/mol. The SMILES string of the molecule is O=C(COc1ccccc1)S(=O)(=O)O. The maximum absolute atomic E-state index is 10.7. The Morgan fingerprint density at radius 2 is 1.86 bits per heavy atom. The smallest absolute Gasteiger partial charge is 0.332 e. The molecule has 0 radical (unpaired) electrons. The van der Waals surface area contributed by atoms with Crippen molar-refractivity contribution in [3.63, 3.8) is 0 Å². The fourth-order valence-corrected chi connectivity index (χ4v) is 0.941. The number of hydrogen-bond acceptors (Lipinski definition) is 4. The monoisotopic (exact) mass is 216 g/mol. The van der Waals surface area contributed by atoms with Gasteiger partial charge in [-0.15, -0.1) is 0 Å². The number of benzene rings is 1. The Hall–Kier alpha value is -1.40. The Labute approximate surface area is 81.1 Å². The van der Waals surface area contributed by atoms with E-state index in [2.05, 4.69) is 0 Å². The van der Waals surface area contributed by atoms with Crippen LogP contribution in [0.5, 0.6) is 5.75 Å². The number of rotatable bonds is 3. The van der Waals surface area contributed by atoms with Crippen LogP contribution in [0.25, 0.3) is 0 Å². The van der Waals surface area contributed by atoms with E-state index in [1.54, 1.807) is 30.3 Å². The highest BCUT2D eigenvalue weighted by Crippen LogP contribution is 2.08. The van der Waals surface area contributed by atoms with Crippen LogP contribution < -0.4 is 4.74 Å². The third-order valence-electron chi connectivity index (χ3n) is 1.39. The Bertz CT molecular complexity index is 409. The van der Waals surface area contributed by atoms with Crippen LogP contribution in [0, 0.1) is 0 Å². The second kappa shape index (κ2) is 4.21. The minimum Gasteiger partial charge on any atom is -0.485 e. The van der Waals surface area contributed by atoms with Crippen molar-refractivity contribution in [2.24, 2.45) is 0 Å². The largest absolute Gasteiger partial charge is 0.485 e. The van der Waals surface area contributed by atoms with E-state index < -0.39 is 21.8 Å². The molecule has 0 atom stereocenters. The molecule has 76 valence electrons. The maximum Gasteiger partial charge on any atom is 0.332 e. The zero-order valence-electron chi connectivity index (χ0n) is 7.08. The van der Waals surface area contributed by atoms with Gasteiger partial charge in [0.05, 0.1) is 0 Å². The van der Waals surface area contributed by atoms with Crippen LogP contribution in [0.1, 0.15) is 0 Å². The molecule has 0 bridgehead atoms. The molecular formula is C8H8O5S. The van der Waals surface area contributed by atoms with Crippen molar-refractivity contribution in [1.29, 1.82) is 0 Å². The summed E-state index contributed by atoms with van der Waals surface area (Å²) in [4.78, 5) is 10.7. The number of para-hydroxylation sites is 1. The second-order valence-corrected chi connectivity index (χ2v) is 3.85. The molecule has 0 saturated heterocycles. The van der Waals surface area contributed by atoms with Gasteiger partial charge in [0.15, 0.2) is 6.61 Å². The summed E-state index contributed by atoms with van der Waals surface area (Å²) in [5.74, 6) is 0.365. The van der Waals surface area contributed by atoms with Gasteiger partial charge in [-0.1, -0.05) is 18.2 Å². The summed E-state index contributed by atoms with van der Waals surface area (Å²) in [5, 5.41) is -1.36. The van der Waals surface area contributed by atoms with Crippen LogP contribution >= 0.6 is 0 Å². The van der Waals surface area contributed by atoms with Crippen LogP contribution in [0.3, 0.4) is 0 Å². The molecule has 0 unspecified atom stereocenters. The number of carbonyl (C=O) groups is 1. The summed E-state index contributed by atoms with van der Waals surface area (Å²) >= 11 is 0. The molecule has 1 aromatic carbocycles. The minimum absolute atomic E-state index is 0.365. The zero-order valence-corrected chi connectivity index (χ0v) is 7.90. The first-order valence-electron chi connectivity index (χ1n) is 3.68. The number of hydrogen-bond donors (Lipinski definition) is 1. The molecule has 6 heteroatoms. The summed E-state index contributed by atoms with van der Waals surface area (Å²) in [5.41, 5.74) is 0. The third-order valence-corrected chi connectivity index (χ3v) is 2.08. The van der Waals surface area contributed by atoms with Gasteiger partial charge in [0.25, 0.3) is 0 Å². The Kier molecular flexibility index (Phi) is 3.21. The van der Waals surface area contributed by atoms with Gasteiger partial charge in [-0.25, -0.2) is 0 Å². The summed E-state index contributed by atoms with van der Waals surface area (Å²) in [6, 6.07) is 8.23. The first kappa shape index (κ1) is 10.7. The molecule has 1 N–H and O–H groups in total. The third kappa shape index (κ3) is 3.15. The fraction of sp³-hybridized carbons (Fsp3) is 0.125. The molecule has 0 spiro atoms. The molecule has 0 saturated carbocycles. The van der Waals surface area contributed by atoms with Gasteiger partial charge in [0, 0.05) is 0 Å². The fourth-order valence-electron chi connectivity index (χ4n) is 0.733. The summed E-state index contributed by atoms with van der Waals surface area (Å²) in [6.07, 6.45) is 0. The predicted molar refractivity (Wildman–Crippen MR) is 48.5 cm³/mol. The molecular weight excluding hydrogens is 208 g/mol. The van der Waals surface area contributed by atoms with Crippen LogP contribution in [0.2, 0.25) is 0 Å². The highest BCUT2D eigenvalue weighted by Gasteiger charge is 2.18. The highest BCUT2D eigenvalue weighted by atomic mass is 32.2. The molecule has 0 aliphatic carbocycles. The van der Waals surface area contributed by atoms with Crippen molar-refractivity contribution in [3.05, 3.63) is 30.3 Å². The molecule has 14 heavy (non-hydrogen) atoms. The van der Waals surface area contributed by atoms with Crippen LogP contribution in [0.4, 0.5) is 0 Å². The van der Waals surface area contributed by atoms with Gasteiger partial charge >= 0.3 is 15.2 Å². The molecule has 1 aromatic rings. The van der Waals surface area contributed by atoms with E-state index in [9.17, 15) is 13.2 Å². The van der Waals surface area contributed by atoms with Gasteiger partial charge in [0.1, 0.15) is 5.75 Å². The standard InChI is InChI=1S/C8H8O5S/c9-8(14(10,11)12)6-13-7-4-2-1-3-5-7/h1-5H,6H2,(H,10,11,12). The molecule has 0 aromatic heterocycles. The lowest BCUT2D eigenvalue weighted by atomic mass is 10.3. The molecule has 0 amide bonds. The first-order valence-corrected chi connectivity index (χ1v) is 5.12. The Morgan fingerprint density at radius 1 is 1.29 bits per heavy atom. The lowest BCUT2D eigenvalue weighted by molar-refractivity contribution is -0.114. The Morgan fingerprint density at radius 3 is 2.36 bits per heavy atom. The highest BCUT2D eigenvalue weighted by molar-refractivity contribution is 8.01. The van der Waals surface area contributed by atoms with E-state index in [0.717, 1.165) is 0 Å². The lowest BCUT2D eigenvalue weighted by Crippen LogP contribution is -2.20. The van der Waals surface area contributed by atoms with Crippen molar-refractivity contribution in [3.8, 4) is 5.75 Å². The second-order valence-electron chi connectivity index (χ2n) is 2.45. The van der Waals surface area contributed by atoms with Crippen molar-refractivity contribution in [1.82, 2.24) is 0 Å². The molecule has 1 rings (SSSR count). The van der Waals surface area contributed by atoms with E-state index in [-0.39, 0.29) is 0 Å². The summed E-state index contributed by atoms with van der Waals surface area (Å²) in [7, 11) is -4.64. The van der Waals surface area contributed by atoms with Gasteiger partial charge in [-0.3, -0.25) is 9.35 Å². The Balaban J connectivity index is 2.55. The minimum atomic E-state index is -4.64. The van der Waals surface area contributed by atoms with Crippen LogP contribution in [0.15, 0.2) is 30.3 Å². The van der Waals surface area contributed by atoms with Crippen LogP contribution in [-0.4, -0.2) is 24.7 Å². The first-order chi connectivity index (χ1) is 6.50. The van der Waals surface area contributed by atoms with E-state index in [0.29, 0.717) is 5.75 Å². The molecule has 0 aliphatic rings. The lowest BCUT2D eigenvalue weighted by Gasteiger charge is -2.02. The van der Waals surface area contributed by atoms with Crippen molar-refractivity contribution in [2.45, 2.75) is 0 Å². The van der Waals surface area contributed by atoms with E-state index >= 15 is 0 Å². The van der Waals surface area contributed by atoms with E-state index in [1.807, 2.05) is 0 Å². The van der Waals surface area contributed by atoms with Crippen molar-refractivity contribution >= 4 is 15.2 Å². The molecule has 0 fully saturated rings. The normalized spacial score (nSPS) is 10.9. The predicted octanol–water partition coefficient (Wildman–Crippen LogP) is 0.480. The van der Waals surface area contributed by atoms with E-state index in [1.165, 1.54) is 0 Å². The van der Waals surface area contributed by atoms with Gasteiger partial charge < -0.3 is 4.74 Å². The van der Waals surface area contributed by atoms with Crippen molar-refractivity contribution in [2.75, 3.05) is 6.61 Å². The zero-order chi connectivity index (χ0) is 10.6.